The Hall–Kier alpha value is -0.870. The van der Waals surface area contributed by atoms with E-state index in [1.807, 2.05) is 13.8 Å². The maximum atomic E-state index is 5.18. The van der Waals surface area contributed by atoms with E-state index in [-0.39, 0.29) is 0 Å². The van der Waals surface area contributed by atoms with Gasteiger partial charge in [-0.1, -0.05) is 5.16 Å². The number of hydrogen-bond donors (Lipinski definition) is 1. The SMILES string of the molecule is Cc1noc(C)c1CNC[C@H]1CCN(C2CC2)C1. The maximum Gasteiger partial charge on any atom is 0.138 e. The van der Waals surface area contributed by atoms with Crippen molar-refractivity contribution in [3.63, 3.8) is 0 Å². The molecule has 0 unspecified atom stereocenters. The first kappa shape index (κ1) is 12.2. The van der Waals surface area contributed by atoms with Gasteiger partial charge in [-0.25, -0.2) is 0 Å². The Kier molecular flexibility index (Phi) is 3.39. The summed E-state index contributed by atoms with van der Waals surface area (Å²) in [6.07, 6.45) is 4.21. The van der Waals surface area contributed by atoms with Crippen molar-refractivity contribution < 1.29 is 4.52 Å². The molecule has 4 nitrogen and oxygen atoms in total. The molecule has 1 N–H and O–H groups in total. The fraction of sp³-hybridized carbons (Fsp3) is 0.786. The molecule has 1 atom stereocenters. The molecule has 0 bridgehead atoms. The summed E-state index contributed by atoms with van der Waals surface area (Å²) < 4.78 is 5.18. The van der Waals surface area contributed by atoms with E-state index in [1.165, 1.54) is 37.9 Å². The van der Waals surface area contributed by atoms with Crippen molar-refractivity contribution in [2.75, 3.05) is 19.6 Å². The zero-order chi connectivity index (χ0) is 12.5. The van der Waals surface area contributed by atoms with Gasteiger partial charge in [0.15, 0.2) is 0 Å². The summed E-state index contributed by atoms with van der Waals surface area (Å²) in [7, 11) is 0. The third kappa shape index (κ3) is 2.59. The van der Waals surface area contributed by atoms with Gasteiger partial charge in [-0.3, -0.25) is 0 Å². The first-order valence-electron chi connectivity index (χ1n) is 7.10. The maximum absolute atomic E-state index is 5.18. The third-order valence-electron chi connectivity index (χ3n) is 4.30. The number of nitrogens with one attached hydrogen (secondary N) is 1. The molecule has 0 amide bonds. The van der Waals surface area contributed by atoms with Crippen molar-refractivity contribution in [1.29, 1.82) is 0 Å². The lowest BCUT2D eigenvalue weighted by atomic mass is 10.1. The van der Waals surface area contributed by atoms with Crippen molar-refractivity contribution in [2.24, 2.45) is 5.92 Å². The average molecular weight is 249 g/mol. The van der Waals surface area contributed by atoms with E-state index in [0.29, 0.717) is 0 Å². The molecule has 100 valence electrons. The minimum absolute atomic E-state index is 0.825. The molecule has 1 aliphatic heterocycles. The van der Waals surface area contributed by atoms with Crippen LogP contribution in [-0.4, -0.2) is 35.7 Å². The molecule has 3 rings (SSSR count). The van der Waals surface area contributed by atoms with Crippen LogP contribution < -0.4 is 5.32 Å². The topological polar surface area (TPSA) is 41.3 Å². The Balaban J connectivity index is 1.42. The molecule has 0 radical (unpaired) electrons. The van der Waals surface area contributed by atoms with E-state index in [1.54, 1.807) is 0 Å². The zero-order valence-electron chi connectivity index (χ0n) is 11.4. The predicted molar refractivity (Wildman–Crippen MR) is 70.4 cm³/mol. The Labute approximate surface area is 109 Å². The van der Waals surface area contributed by atoms with Gasteiger partial charge in [-0.05, 0) is 52.1 Å². The van der Waals surface area contributed by atoms with Gasteiger partial charge < -0.3 is 14.7 Å². The van der Waals surface area contributed by atoms with Crippen LogP contribution >= 0.6 is 0 Å². The molecular weight excluding hydrogens is 226 g/mol. The molecule has 1 aromatic heterocycles. The van der Waals surface area contributed by atoms with E-state index < -0.39 is 0 Å². The smallest absolute Gasteiger partial charge is 0.138 e. The summed E-state index contributed by atoms with van der Waals surface area (Å²) in [5.41, 5.74) is 2.25. The zero-order valence-corrected chi connectivity index (χ0v) is 11.4. The number of aryl methyl sites for hydroxylation is 2. The molecule has 0 spiro atoms. The molecule has 0 aromatic carbocycles. The van der Waals surface area contributed by atoms with E-state index >= 15 is 0 Å². The predicted octanol–water partition coefficient (Wildman–Crippen LogP) is 1.87. The second-order valence-corrected chi connectivity index (χ2v) is 5.81. The van der Waals surface area contributed by atoms with Crippen LogP contribution in [-0.2, 0) is 6.54 Å². The number of nitrogens with zero attached hydrogens (tertiary/aromatic N) is 2. The highest BCUT2D eigenvalue weighted by Gasteiger charge is 2.33. The number of aromatic nitrogens is 1. The van der Waals surface area contributed by atoms with Crippen LogP contribution in [0, 0.1) is 19.8 Å². The number of rotatable bonds is 5. The molecule has 2 heterocycles. The second kappa shape index (κ2) is 5.02. The summed E-state index contributed by atoms with van der Waals surface area (Å²) in [5.74, 6) is 1.78. The lowest BCUT2D eigenvalue weighted by Crippen LogP contribution is -2.27. The number of likely N-dealkylation sites (tertiary alicyclic amines) is 1. The molecule has 2 fully saturated rings. The molecule has 18 heavy (non-hydrogen) atoms. The third-order valence-corrected chi connectivity index (χ3v) is 4.30. The molecule has 4 heteroatoms. The van der Waals surface area contributed by atoms with Gasteiger partial charge in [-0.2, -0.15) is 0 Å². The minimum Gasteiger partial charge on any atom is -0.361 e. The first-order chi connectivity index (χ1) is 8.74. The van der Waals surface area contributed by atoms with Crippen LogP contribution in [0.1, 0.15) is 36.3 Å². The van der Waals surface area contributed by atoms with Crippen LogP contribution in [0.15, 0.2) is 4.52 Å². The molecule has 1 aromatic rings. The van der Waals surface area contributed by atoms with Crippen molar-refractivity contribution in [3.8, 4) is 0 Å². The summed E-state index contributed by atoms with van der Waals surface area (Å²) >= 11 is 0. The van der Waals surface area contributed by atoms with Crippen molar-refractivity contribution in [3.05, 3.63) is 17.0 Å². The van der Waals surface area contributed by atoms with Gasteiger partial charge in [0.05, 0.1) is 5.69 Å². The Morgan fingerprint density at radius 2 is 2.17 bits per heavy atom. The fourth-order valence-electron chi connectivity index (χ4n) is 2.96. The molecule has 2 aliphatic rings. The van der Waals surface area contributed by atoms with Crippen LogP contribution in [0.25, 0.3) is 0 Å². The van der Waals surface area contributed by atoms with Crippen LogP contribution in [0.4, 0.5) is 0 Å². The van der Waals surface area contributed by atoms with Gasteiger partial charge in [0.1, 0.15) is 5.76 Å². The van der Waals surface area contributed by atoms with Gasteiger partial charge in [0.2, 0.25) is 0 Å². The van der Waals surface area contributed by atoms with Crippen LogP contribution in [0.3, 0.4) is 0 Å². The summed E-state index contributed by atoms with van der Waals surface area (Å²) in [4.78, 5) is 2.67. The van der Waals surface area contributed by atoms with Crippen molar-refractivity contribution >= 4 is 0 Å². The Bertz CT molecular complexity index is 392. The summed E-state index contributed by atoms with van der Waals surface area (Å²) in [5, 5.41) is 7.55. The van der Waals surface area contributed by atoms with Gasteiger partial charge in [0, 0.05) is 24.7 Å². The lowest BCUT2D eigenvalue weighted by Gasteiger charge is -2.15. The normalized spacial score (nSPS) is 24.9. The number of hydrogen-bond acceptors (Lipinski definition) is 4. The molecular formula is C14H23N3O. The summed E-state index contributed by atoms with van der Waals surface area (Å²) in [6, 6.07) is 0.928. The standard InChI is InChI=1S/C14H23N3O/c1-10-14(11(2)18-16-10)8-15-7-12-5-6-17(9-12)13-3-4-13/h12-13,15H,3-9H2,1-2H3/t12-/m1/s1. The van der Waals surface area contributed by atoms with Crippen LogP contribution in [0.2, 0.25) is 0 Å². The van der Waals surface area contributed by atoms with E-state index in [4.69, 9.17) is 4.52 Å². The molecule has 1 saturated heterocycles. The van der Waals surface area contributed by atoms with Gasteiger partial charge in [0.25, 0.3) is 0 Å². The van der Waals surface area contributed by atoms with E-state index in [9.17, 15) is 0 Å². The van der Waals surface area contributed by atoms with Crippen molar-refractivity contribution in [2.45, 2.75) is 45.7 Å². The van der Waals surface area contributed by atoms with Crippen molar-refractivity contribution in [1.82, 2.24) is 15.4 Å². The Morgan fingerprint density at radius 1 is 1.33 bits per heavy atom. The highest BCUT2D eigenvalue weighted by Crippen LogP contribution is 2.31. The molecule has 1 saturated carbocycles. The van der Waals surface area contributed by atoms with E-state index in [2.05, 4.69) is 15.4 Å². The average Bonchev–Trinajstić information content (AvgIpc) is 3.03. The second-order valence-electron chi connectivity index (χ2n) is 5.81. The van der Waals surface area contributed by atoms with Gasteiger partial charge >= 0.3 is 0 Å². The van der Waals surface area contributed by atoms with E-state index in [0.717, 1.165) is 36.5 Å². The molecule has 1 aliphatic carbocycles. The Morgan fingerprint density at radius 3 is 2.83 bits per heavy atom. The largest absolute Gasteiger partial charge is 0.361 e. The van der Waals surface area contributed by atoms with Crippen LogP contribution in [0.5, 0.6) is 0 Å². The monoisotopic (exact) mass is 249 g/mol. The fourth-order valence-corrected chi connectivity index (χ4v) is 2.96. The van der Waals surface area contributed by atoms with Gasteiger partial charge in [-0.15, -0.1) is 0 Å². The highest BCUT2D eigenvalue weighted by molar-refractivity contribution is 5.20. The lowest BCUT2D eigenvalue weighted by molar-refractivity contribution is 0.311. The summed E-state index contributed by atoms with van der Waals surface area (Å²) in [6.45, 7) is 8.61. The highest BCUT2D eigenvalue weighted by atomic mass is 16.5. The quantitative estimate of drug-likeness (QED) is 0.865. The first-order valence-corrected chi connectivity index (χ1v) is 7.10. The minimum atomic E-state index is 0.825.